The van der Waals surface area contributed by atoms with Crippen LogP contribution in [0, 0.1) is 6.92 Å². The zero-order valence-corrected chi connectivity index (χ0v) is 17.4. The van der Waals surface area contributed by atoms with Gasteiger partial charge in [-0.05, 0) is 48.9 Å². The highest BCUT2D eigenvalue weighted by Gasteiger charge is 2.30. The summed E-state index contributed by atoms with van der Waals surface area (Å²) in [5.41, 5.74) is -0.0304. The fourth-order valence-corrected chi connectivity index (χ4v) is 3.09. The van der Waals surface area contributed by atoms with E-state index in [0.717, 1.165) is 18.0 Å². The second-order valence-electron chi connectivity index (χ2n) is 7.12. The molecule has 4 rings (SSSR count). The van der Waals surface area contributed by atoms with Crippen molar-refractivity contribution in [1.29, 1.82) is 0 Å². The van der Waals surface area contributed by atoms with Crippen molar-refractivity contribution in [2.24, 2.45) is 0 Å². The number of halogens is 3. The van der Waals surface area contributed by atoms with Gasteiger partial charge in [0.15, 0.2) is 5.82 Å². The Kier molecular flexibility index (Phi) is 6.07. The van der Waals surface area contributed by atoms with Crippen LogP contribution in [0.15, 0.2) is 73.1 Å². The van der Waals surface area contributed by atoms with Crippen molar-refractivity contribution >= 4 is 11.6 Å². The Morgan fingerprint density at radius 3 is 2.48 bits per heavy atom. The number of amides is 1. The number of aryl methyl sites for hydroxylation is 1. The molecule has 0 unspecified atom stereocenters. The van der Waals surface area contributed by atoms with Gasteiger partial charge in [-0.15, -0.1) is 10.2 Å². The number of carbonyl (C=O) groups is 1. The van der Waals surface area contributed by atoms with Gasteiger partial charge in [0.25, 0.3) is 0 Å². The molecule has 0 atom stereocenters. The largest absolute Gasteiger partial charge is 0.438 e. The molecule has 33 heavy (non-hydrogen) atoms. The quantitative estimate of drug-likeness (QED) is 0.446. The minimum absolute atomic E-state index is 0.180. The first-order valence-corrected chi connectivity index (χ1v) is 9.86. The molecule has 10 heteroatoms. The van der Waals surface area contributed by atoms with E-state index < -0.39 is 17.6 Å². The number of anilines is 1. The summed E-state index contributed by atoms with van der Waals surface area (Å²) in [7, 11) is 0. The summed E-state index contributed by atoms with van der Waals surface area (Å²) in [5, 5.41) is 10.8. The average Bonchev–Trinajstić information content (AvgIpc) is 3.21. The topological polar surface area (TPSA) is 81.9 Å². The summed E-state index contributed by atoms with van der Waals surface area (Å²) in [4.78, 5) is 16.4. The summed E-state index contributed by atoms with van der Waals surface area (Å²) in [6.45, 7) is 1.85. The summed E-state index contributed by atoms with van der Waals surface area (Å²) >= 11 is 0. The minimum atomic E-state index is -4.45. The van der Waals surface area contributed by atoms with Gasteiger partial charge in [0.05, 0.1) is 12.0 Å². The number of hydrogen-bond donors (Lipinski definition) is 1. The third-order valence-corrected chi connectivity index (χ3v) is 4.68. The second-order valence-corrected chi connectivity index (χ2v) is 7.12. The van der Waals surface area contributed by atoms with E-state index >= 15 is 0 Å². The van der Waals surface area contributed by atoms with Crippen LogP contribution in [-0.2, 0) is 17.4 Å². The van der Waals surface area contributed by atoms with Crippen LogP contribution in [0.5, 0.6) is 11.6 Å². The SMILES string of the molecule is Cc1nccn1-c1ccc(Oc2ccc(NC(=O)Cc3cccc(C(F)(F)F)c3)cc2)nn1. The number of carbonyl (C=O) groups excluding carboxylic acids is 1. The highest BCUT2D eigenvalue weighted by atomic mass is 19.4. The molecule has 1 N–H and O–H groups in total. The maximum atomic E-state index is 12.8. The number of hydrogen-bond acceptors (Lipinski definition) is 5. The van der Waals surface area contributed by atoms with Gasteiger partial charge in [0.2, 0.25) is 11.8 Å². The Morgan fingerprint density at radius 2 is 1.85 bits per heavy atom. The van der Waals surface area contributed by atoms with Crippen LogP contribution in [-0.4, -0.2) is 25.7 Å². The smallest absolute Gasteiger partial charge is 0.416 e. The number of benzene rings is 2. The lowest BCUT2D eigenvalue weighted by Crippen LogP contribution is -2.15. The second kappa shape index (κ2) is 9.11. The lowest BCUT2D eigenvalue weighted by atomic mass is 10.1. The maximum Gasteiger partial charge on any atom is 0.416 e. The van der Waals surface area contributed by atoms with Crippen molar-refractivity contribution in [2.45, 2.75) is 19.5 Å². The molecule has 7 nitrogen and oxygen atoms in total. The van der Waals surface area contributed by atoms with Crippen molar-refractivity contribution in [3.05, 3.63) is 90.0 Å². The van der Waals surface area contributed by atoms with Crippen LogP contribution < -0.4 is 10.1 Å². The molecule has 168 valence electrons. The molecule has 2 aromatic heterocycles. The van der Waals surface area contributed by atoms with E-state index in [1.54, 1.807) is 53.4 Å². The van der Waals surface area contributed by atoms with Crippen LogP contribution in [0.3, 0.4) is 0 Å². The average molecular weight is 453 g/mol. The van der Waals surface area contributed by atoms with E-state index in [4.69, 9.17) is 4.74 Å². The number of ether oxygens (including phenoxy) is 1. The summed E-state index contributed by atoms with van der Waals surface area (Å²) in [6.07, 6.45) is -1.19. The Balaban J connectivity index is 1.35. The monoisotopic (exact) mass is 453 g/mol. The fourth-order valence-electron chi connectivity index (χ4n) is 3.09. The molecule has 0 saturated carbocycles. The molecule has 0 bridgehead atoms. The van der Waals surface area contributed by atoms with Crippen LogP contribution in [0.1, 0.15) is 17.0 Å². The molecule has 0 saturated heterocycles. The molecule has 4 aromatic rings. The van der Waals surface area contributed by atoms with E-state index in [1.165, 1.54) is 12.1 Å². The maximum absolute atomic E-state index is 12.8. The van der Waals surface area contributed by atoms with E-state index in [2.05, 4.69) is 20.5 Å². The molecule has 0 fully saturated rings. The van der Waals surface area contributed by atoms with Gasteiger partial charge in [-0.25, -0.2) is 4.98 Å². The lowest BCUT2D eigenvalue weighted by molar-refractivity contribution is -0.137. The predicted molar refractivity (Wildman–Crippen MR) is 114 cm³/mol. The van der Waals surface area contributed by atoms with Crippen molar-refractivity contribution in [3.8, 4) is 17.4 Å². The van der Waals surface area contributed by atoms with Crippen LogP contribution in [0.2, 0.25) is 0 Å². The van der Waals surface area contributed by atoms with Gasteiger partial charge >= 0.3 is 6.18 Å². The van der Waals surface area contributed by atoms with Gasteiger partial charge < -0.3 is 10.1 Å². The molecule has 0 aliphatic carbocycles. The van der Waals surface area contributed by atoms with Crippen molar-refractivity contribution in [3.63, 3.8) is 0 Å². The number of imidazole rings is 1. The number of nitrogens with one attached hydrogen (secondary N) is 1. The van der Waals surface area contributed by atoms with Gasteiger partial charge in [-0.1, -0.05) is 18.2 Å². The van der Waals surface area contributed by atoms with Crippen LogP contribution in [0.4, 0.5) is 18.9 Å². The highest BCUT2D eigenvalue weighted by molar-refractivity contribution is 5.92. The Labute approximate surface area is 186 Å². The van der Waals surface area contributed by atoms with Crippen LogP contribution >= 0.6 is 0 Å². The van der Waals surface area contributed by atoms with Crippen molar-refractivity contribution in [2.75, 3.05) is 5.32 Å². The van der Waals surface area contributed by atoms with Gasteiger partial charge in [-0.3, -0.25) is 9.36 Å². The third-order valence-electron chi connectivity index (χ3n) is 4.68. The first-order valence-electron chi connectivity index (χ1n) is 9.86. The van der Waals surface area contributed by atoms with Gasteiger partial charge in [0, 0.05) is 24.1 Å². The Hall–Kier alpha value is -4.21. The molecular formula is C23H18F3N5O2. The first-order chi connectivity index (χ1) is 15.8. The third kappa shape index (κ3) is 5.53. The van der Waals surface area contributed by atoms with E-state index in [1.807, 2.05) is 6.92 Å². The molecule has 0 spiro atoms. The Bertz CT molecular complexity index is 1250. The lowest BCUT2D eigenvalue weighted by Gasteiger charge is -2.10. The Morgan fingerprint density at radius 1 is 1.06 bits per heavy atom. The van der Waals surface area contributed by atoms with Gasteiger partial charge in [-0.2, -0.15) is 13.2 Å². The van der Waals surface area contributed by atoms with E-state index in [0.29, 0.717) is 17.3 Å². The number of aromatic nitrogens is 4. The summed E-state index contributed by atoms with van der Waals surface area (Å²) in [6, 6.07) is 14.6. The van der Waals surface area contributed by atoms with Crippen molar-refractivity contribution < 1.29 is 22.7 Å². The summed E-state index contributed by atoms with van der Waals surface area (Å²) < 4.78 is 45.9. The minimum Gasteiger partial charge on any atom is -0.438 e. The molecule has 0 aliphatic heterocycles. The predicted octanol–water partition coefficient (Wildman–Crippen LogP) is 4.96. The highest BCUT2D eigenvalue weighted by Crippen LogP contribution is 2.29. The van der Waals surface area contributed by atoms with E-state index in [-0.39, 0.29) is 17.9 Å². The zero-order valence-electron chi connectivity index (χ0n) is 17.4. The van der Waals surface area contributed by atoms with E-state index in [9.17, 15) is 18.0 Å². The standard InChI is InChI=1S/C23H18F3N5O2/c1-15-27-11-12-31(15)20-9-10-22(30-29-20)33-19-7-5-18(6-8-19)28-21(32)14-16-3-2-4-17(13-16)23(24,25)26/h2-13H,14H2,1H3,(H,28,32). The molecule has 1 amide bonds. The zero-order chi connectivity index (χ0) is 23.4. The molecule has 2 aromatic carbocycles. The van der Waals surface area contributed by atoms with Crippen LogP contribution in [0.25, 0.3) is 5.82 Å². The first kappa shape index (κ1) is 22.0. The molecule has 0 aliphatic rings. The summed E-state index contributed by atoms with van der Waals surface area (Å²) in [5.74, 6) is 1.73. The molecule has 2 heterocycles. The number of alkyl halides is 3. The number of rotatable bonds is 6. The fraction of sp³-hybridized carbons (Fsp3) is 0.130. The molecular weight excluding hydrogens is 435 g/mol. The normalized spacial score (nSPS) is 11.3. The van der Waals surface area contributed by atoms with Crippen molar-refractivity contribution in [1.82, 2.24) is 19.7 Å². The molecule has 0 radical (unpaired) electrons. The van der Waals surface area contributed by atoms with Gasteiger partial charge in [0.1, 0.15) is 11.6 Å². The number of nitrogens with zero attached hydrogens (tertiary/aromatic N) is 4.